The normalized spacial score (nSPS) is 32.4. The Kier molecular flexibility index (Phi) is 10.4. The smallest absolute Gasteiger partial charge is 0.348 e. The van der Waals surface area contributed by atoms with Crippen molar-refractivity contribution in [1.82, 2.24) is 0 Å². The zero-order chi connectivity index (χ0) is 22.8. The van der Waals surface area contributed by atoms with Gasteiger partial charge in [-0.2, -0.15) is 5.90 Å². The summed E-state index contributed by atoms with van der Waals surface area (Å²) in [6.45, 7) is 4.39. The maximum atomic E-state index is 12.1. The summed E-state index contributed by atoms with van der Waals surface area (Å²) in [5, 5.41) is 0. The van der Waals surface area contributed by atoms with Crippen LogP contribution in [0.5, 0.6) is 0 Å². The summed E-state index contributed by atoms with van der Waals surface area (Å²) in [5.74, 6) is 4.22. The van der Waals surface area contributed by atoms with Crippen LogP contribution < -0.4 is 5.90 Å². The Morgan fingerprint density at radius 1 is 1.00 bits per heavy atom. The molecular formula is C22H38FNO6. The van der Waals surface area contributed by atoms with E-state index < -0.39 is 11.9 Å². The third kappa shape index (κ3) is 7.95. The monoisotopic (exact) mass is 431 g/mol. The van der Waals surface area contributed by atoms with Crippen LogP contribution in [0.15, 0.2) is 0 Å². The molecule has 174 valence electrons. The van der Waals surface area contributed by atoms with Gasteiger partial charge in [-0.15, -0.1) is 0 Å². The molecule has 0 spiro atoms. The van der Waals surface area contributed by atoms with E-state index in [2.05, 4.69) is 28.4 Å². The molecule has 4 unspecified atom stereocenters. The maximum absolute atomic E-state index is 12.1. The molecule has 0 aromatic heterocycles. The number of nitrogens with two attached hydrogens (primary N) is 1. The van der Waals surface area contributed by atoms with Crippen molar-refractivity contribution < 1.29 is 33.4 Å². The summed E-state index contributed by atoms with van der Waals surface area (Å²) in [7, 11) is 3.25. The van der Waals surface area contributed by atoms with Gasteiger partial charge in [0, 0.05) is 38.0 Å². The minimum Gasteiger partial charge on any atom is -0.388 e. The van der Waals surface area contributed by atoms with E-state index >= 15 is 0 Å². The largest absolute Gasteiger partial charge is 0.388 e. The van der Waals surface area contributed by atoms with E-state index in [1.165, 1.54) is 0 Å². The summed E-state index contributed by atoms with van der Waals surface area (Å²) in [5.41, 5.74) is -0.0906. The number of carbonyl (C=O) groups excluding carboxylic acids is 3. The average Bonchev–Trinajstić information content (AvgIpc) is 2.68. The van der Waals surface area contributed by atoms with E-state index in [0.717, 1.165) is 44.8 Å². The Labute approximate surface area is 179 Å². The molecule has 2 aliphatic rings. The number of methoxy groups -OCH3 is 1. The topological polar surface area (TPSA) is 105 Å². The lowest BCUT2D eigenvalue weighted by molar-refractivity contribution is -0.185. The van der Waals surface area contributed by atoms with Crippen LogP contribution in [0.4, 0.5) is 4.53 Å². The van der Waals surface area contributed by atoms with Crippen molar-refractivity contribution in [2.24, 2.45) is 28.1 Å². The van der Waals surface area contributed by atoms with Gasteiger partial charge in [0.1, 0.15) is 6.29 Å². The Balaban J connectivity index is 0.00000141. The van der Waals surface area contributed by atoms with Crippen LogP contribution in [0.25, 0.3) is 0 Å². The highest BCUT2D eigenvalue weighted by molar-refractivity contribution is 5.69. The van der Waals surface area contributed by atoms with E-state index in [1.54, 1.807) is 14.2 Å². The first kappa shape index (κ1) is 26.5. The van der Waals surface area contributed by atoms with Crippen molar-refractivity contribution in [2.45, 2.75) is 84.5 Å². The first-order valence-corrected chi connectivity index (χ1v) is 10.6. The van der Waals surface area contributed by atoms with Gasteiger partial charge in [-0.25, -0.2) is 4.79 Å². The molecule has 2 bridgehead atoms. The van der Waals surface area contributed by atoms with Crippen molar-refractivity contribution in [3.8, 4) is 0 Å². The van der Waals surface area contributed by atoms with Gasteiger partial charge in [0.2, 0.25) is 0 Å². The van der Waals surface area contributed by atoms with Crippen molar-refractivity contribution in [3.05, 3.63) is 0 Å². The number of rotatable bonds is 9. The zero-order valence-electron chi connectivity index (χ0n) is 18.8. The van der Waals surface area contributed by atoms with Crippen molar-refractivity contribution in [2.75, 3.05) is 14.2 Å². The molecule has 0 saturated heterocycles. The van der Waals surface area contributed by atoms with Gasteiger partial charge in [-0.05, 0) is 73.5 Å². The fourth-order valence-corrected chi connectivity index (χ4v) is 6.32. The molecule has 0 radical (unpaired) electrons. The summed E-state index contributed by atoms with van der Waals surface area (Å²) in [4.78, 5) is 41.5. The fourth-order valence-electron chi connectivity index (χ4n) is 6.32. The molecule has 2 saturated carbocycles. The number of hydrogen-bond donors (Lipinski definition) is 1. The number of aldehydes is 1. The second-order valence-electron chi connectivity index (χ2n) is 10.0. The first-order valence-electron chi connectivity index (χ1n) is 10.6. The Morgan fingerprint density at radius 2 is 1.53 bits per heavy atom. The van der Waals surface area contributed by atoms with E-state index in [-0.39, 0.29) is 29.1 Å². The van der Waals surface area contributed by atoms with Gasteiger partial charge in [-0.3, -0.25) is 9.74 Å². The Morgan fingerprint density at radius 3 is 2.03 bits per heavy atom. The lowest BCUT2D eigenvalue weighted by Gasteiger charge is -2.58. The molecule has 2 rings (SSSR count). The van der Waals surface area contributed by atoms with Crippen LogP contribution in [0.2, 0.25) is 0 Å². The van der Waals surface area contributed by atoms with Gasteiger partial charge in [0.25, 0.3) is 0 Å². The van der Waals surface area contributed by atoms with Crippen LogP contribution in [-0.2, 0) is 28.9 Å². The molecule has 8 heteroatoms. The molecule has 7 nitrogen and oxygen atoms in total. The van der Waals surface area contributed by atoms with Gasteiger partial charge in [0.15, 0.2) is 0 Å². The molecule has 0 aliphatic heterocycles. The molecule has 0 aromatic carbocycles. The summed E-state index contributed by atoms with van der Waals surface area (Å²) in [6.07, 6.45) is 8.77. The Bertz CT molecular complexity index is 586. The summed E-state index contributed by atoms with van der Waals surface area (Å²) >= 11 is 0. The van der Waals surface area contributed by atoms with Crippen LogP contribution in [-0.4, -0.2) is 32.4 Å². The number of halogens is 1. The predicted octanol–water partition coefficient (Wildman–Crippen LogP) is 4.23. The van der Waals surface area contributed by atoms with Crippen LogP contribution in [0.1, 0.15) is 84.5 Å². The summed E-state index contributed by atoms with van der Waals surface area (Å²) < 4.78 is 16.3. The van der Waals surface area contributed by atoms with E-state index in [0.29, 0.717) is 25.2 Å². The number of carbonyl (C=O) groups is 3. The van der Waals surface area contributed by atoms with E-state index in [4.69, 9.17) is 5.90 Å². The molecule has 30 heavy (non-hydrogen) atoms. The third-order valence-corrected chi connectivity index (χ3v) is 6.76. The first-order chi connectivity index (χ1) is 14.1. The predicted molar refractivity (Wildman–Crippen MR) is 109 cm³/mol. The number of fused-ring (bicyclic) bond motifs is 2. The highest BCUT2D eigenvalue weighted by atomic mass is 19.3. The standard InChI is InChI=1S/C20H32FNO5.C2H6O/c1-18(6-3-9-23)10-15-11-19(2,7-4-16(24)26-21)14-20(12-15,13-18)8-5-17(25)27-22;1-3-2/h9,15H,3-8,10-14,22H2,1-2H3;1-2H3. The van der Waals surface area contributed by atoms with Gasteiger partial charge in [0.05, 0.1) is 0 Å². The molecule has 2 N–H and O–H groups in total. The minimum atomic E-state index is -0.830. The molecule has 0 amide bonds. The second-order valence-corrected chi connectivity index (χ2v) is 10.0. The van der Waals surface area contributed by atoms with Crippen LogP contribution in [0, 0.1) is 22.2 Å². The van der Waals surface area contributed by atoms with E-state index in [1.807, 2.05) is 0 Å². The lowest BCUT2D eigenvalue weighted by atomic mass is 9.47. The zero-order valence-corrected chi connectivity index (χ0v) is 18.8. The van der Waals surface area contributed by atoms with Crippen LogP contribution >= 0.6 is 0 Å². The molecule has 0 heterocycles. The van der Waals surface area contributed by atoms with Crippen LogP contribution in [0.3, 0.4) is 0 Å². The van der Waals surface area contributed by atoms with Gasteiger partial charge < -0.3 is 14.4 Å². The highest BCUT2D eigenvalue weighted by Crippen LogP contribution is 2.63. The van der Waals surface area contributed by atoms with Gasteiger partial charge >= 0.3 is 11.9 Å². The minimum absolute atomic E-state index is 0.0542. The number of hydrogen-bond acceptors (Lipinski definition) is 7. The second kappa shape index (κ2) is 11.7. The molecule has 0 aromatic rings. The highest BCUT2D eigenvalue weighted by Gasteiger charge is 2.53. The molecule has 2 aliphatic carbocycles. The molecule has 4 atom stereocenters. The number of ether oxygens (including phenoxy) is 1. The molecular weight excluding hydrogens is 393 g/mol. The van der Waals surface area contributed by atoms with Crippen molar-refractivity contribution in [1.29, 1.82) is 0 Å². The maximum Gasteiger partial charge on any atom is 0.348 e. The molecule has 2 fully saturated rings. The lowest BCUT2D eigenvalue weighted by Crippen LogP contribution is -2.48. The fraction of sp³-hybridized carbons (Fsp3) is 0.864. The summed E-state index contributed by atoms with van der Waals surface area (Å²) in [6, 6.07) is 0. The quantitative estimate of drug-likeness (QED) is 0.430. The third-order valence-electron chi connectivity index (χ3n) is 6.76. The average molecular weight is 432 g/mol. The Hall–Kier alpha value is -1.54. The van der Waals surface area contributed by atoms with Gasteiger partial charge in [-0.1, -0.05) is 13.8 Å². The van der Waals surface area contributed by atoms with Crippen molar-refractivity contribution in [3.63, 3.8) is 0 Å². The van der Waals surface area contributed by atoms with Crippen molar-refractivity contribution >= 4 is 18.2 Å². The van der Waals surface area contributed by atoms with E-state index in [9.17, 15) is 18.9 Å². The SMILES string of the molecule is CC1(CCC=O)CC2CC(C)(CCC(=O)OF)CC(CCC(=O)ON)(C2)C1.COC.